The van der Waals surface area contributed by atoms with E-state index in [9.17, 15) is 9.18 Å². The van der Waals surface area contributed by atoms with Gasteiger partial charge >= 0.3 is 5.97 Å². The molecule has 98 valence electrons. The first-order chi connectivity index (χ1) is 8.47. The van der Waals surface area contributed by atoms with E-state index in [0.717, 1.165) is 0 Å². The maximum absolute atomic E-state index is 13.4. The molecule has 1 aliphatic carbocycles. The molecule has 5 heteroatoms. The minimum atomic E-state index is -0.743. The third-order valence-electron chi connectivity index (χ3n) is 3.40. The van der Waals surface area contributed by atoms with E-state index in [1.807, 2.05) is 0 Å². The van der Waals surface area contributed by atoms with E-state index in [-0.39, 0.29) is 17.8 Å². The lowest BCUT2D eigenvalue weighted by Crippen LogP contribution is -2.43. The van der Waals surface area contributed by atoms with Crippen LogP contribution in [0.25, 0.3) is 0 Å². The molecule has 0 unspecified atom stereocenters. The third-order valence-corrected chi connectivity index (χ3v) is 3.75. The maximum atomic E-state index is 13.4. The molecule has 0 atom stereocenters. The zero-order chi connectivity index (χ0) is 13.3. The Morgan fingerprint density at radius 3 is 2.83 bits per heavy atom. The van der Waals surface area contributed by atoms with Crippen molar-refractivity contribution in [2.75, 3.05) is 0 Å². The van der Waals surface area contributed by atoms with Crippen LogP contribution < -0.4 is 5.32 Å². The first-order valence-corrected chi connectivity index (χ1v) is 6.26. The van der Waals surface area contributed by atoms with Crippen molar-refractivity contribution in [3.05, 3.63) is 34.1 Å². The Bertz CT molecular complexity index is 472. The van der Waals surface area contributed by atoms with Gasteiger partial charge in [0.2, 0.25) is 0 Å². The minimum absolute atomic E-state index is 0.187. The van der Waals surface area contributed by atoms with Crippen molar-refractivity contribution in [2.24, 2.45) is 5.92 Å². The second-order valence-electron chi connectivity index (χ2n) is 4.78. The number of rotatable bonds is 4. The summed E-state index contributed by atoms with van der Waals surface area (Å²) < 4.78 is 13.4. The van der Waals surface area contributed by atoms with Gasteiger partial charge in [-0.3, -0.25) is 4.79 Å². The molecular weight excluding hydrogens is 257 g/mol. The summed E-state index contributed by atoms with van der Waals surface area (Å²) in [6, 6.07) is 3.22. The Kier molecular flexibility index (Phi) is 3.88. The zero-order valence-electron chi connectivity index (χ0n) is 10.0. The number of carboxylic acid groups (broad SMARTS) is 1. The van der Waals surface area contributed by atoms with E-state index in [2.05, 4.69) is 5.32 Å². The van der Waals surface area contributed by atoms with Crippen LogP contribution in [0.5, 0.6) is 0 Å². The Hall–Kier alpha value is -1.13. The van der Waals surface area contributed by atoms with Crippen LogP contribution in [-0.4, -0.2) is 17.1 Å². The third kappa shape index (κ3) is 2.82. The molecule has 0 spiro atoms. The fourth-order valence-corrected chi connectivity index (χ4v) is 2.35. The average Bonchev–Trinajstić information content (AvgIpc) is 2.22. The predicted molar refractivity (Wildman–Crippen MR) is 67.1 cm³/mol. The molecule has 2 N–H and O–H groups in total. The van der Waals surface area contributed by atoms with E-state index in [1.165, 1.54) is 6.07 Å². The summed E-state index contributed by atoms with van der Waals surface area (Å²) in [6.45, 7) is 2.13. The van der Waals surface area contributed by atoms with Crippen molar-refractivity contribution in [1.82, 2.24) is 5.32 Å². The number of aliphatic carboxylic acids is 1. The molecule has 1 aliphatic rings. The minimum Gasteiger partial charge on any atom is -0.481 e. The molecule has 0 heterocycles. The lowest BCUT2D eigenvalue weighted by molar-refractivity contribution is -0.145. The van der Waals surface area contributed by atoms with Gasteiger partial charge in [0.05, 0.1) is 5.92 Å². The van der Waals surface area contributed by atoms with E-state index in [4.69, 9.17) is 16.7 Å². The van der Waals surface area contributed by atoms with Crippen molar-refractivity contribution >= 4 is 17.6 Å². The molecule has 0 aromatic heterocycles. The first kappa shape index (κ1) is 13.3. The van der Waals surface area contributed by atoms with Crippen LogP contribution in [0.1, 0.15) is 24.0 Å². The number of hydrogen-bond acceptors (Lipinski definition) is 2. The Morgan fingerprint density at radius 2 is 2.22 bits per heavy atom. The van der Waals surface area contributed by atoms with E-state index in [1.54, 1.807) is 13.0 Å². The Balaban J connectivity index is 1.88. The summed E-state index contributed by atoms with van der Waals surface area (Å²) >= 11 is 6.02. The summed E-state index contributed by atoms with van der Waals surface area (Å²) in [5.74, 6) is -1.26. The average molecular weight is 272 g/mol. The van der Waals surface area contributed by atoms with Gasteiger partial charge in [0, 0.05) is 17.6 Å². The molecule has 0 aliphatic heterocycles. The number of carbonyl (C=O) groups is 1. The monoisotopic (exact) mass is 271 g/mol. The van der Waals surface area contributed by atoms with Crippen LogP contribution in [0.2, 0.25) is 5.02 Å². The number of halogens is 2. The molecule has 1 fully saturated rings. The molecule has 0 amide bonds. The normalized spacial score (nSPS) is 22.6. The van der Waals surface area contributed by atoms with Gasteiger partial charge in [0.1, 0.15) is 5.82 Å². The summed E-state index contributed by atoms with van der Waals surface area (Å²) in [6.07, 6.45) is 1.25. The highest BCUT2D eigenvalue weighted by Crippen LogP contribution is 2.28. The van der Waals surface area contributed by atoms with Crippen LogP contribution in [0.3, 0.4) is 0 Å². The standard InChI is InChI=1S/C13H15ClFNO2/c1-7-2-11(14)9(5-12(7)15)6-16-10-3-8(4-10)13(17)18/h2,5,8,10,16H,3-4,6H2,1H3,(H,17,18). The highest BCUT2D eigenvalue weighted by Gasteiger charge is 2.33. The molecule has 0 saturated heterocycles. The number of hydrogen-bond donors (Lipinski definition) is 2. The first-order valence-electron chi connectivity index (χ1n) is 5.88. The van der Waals surface area contributed by atoms with Crippen molar-refractivity contribution in [2.45, 2.75) is 32.4 Å². The lowest BCUT2D eigenvalue weighted by atomic mass is 9.80. The molecule has 18 heavy (non-hydrogen) atoms. The molecule has 1 aromatic rings. The van der Waals surface area contributed by atoms with Crippen LogP contribution >= 0.6 is 11.6 Å². The zero-order valence-corrected chi connectivity index (χ0v) is 10.8. The second kappa shape index (κ2) is 5.24. The van der Waals surface area contributed by atoms with E-state index >= 15 is 0 Å². The highest BCUT2D eigenvalue weighted by molar-refractivity contribution is 6.31. The van der Waals surface area contributed by atoms with Crippen LogP contribution in [0.15, 0.2) is 12.1 Å². The van der Waals surface area contributed by atoms with Crippen molar-refractivity contribution in [3.63, 3.8) is 0 Å². The summed E-state index contributed by atoms with van der Waals surface area (Å²) in [4.78, 5) is 10.6. The second-order valence-corrected chi connectivity index (χ2v) is 5.18. The topological polar surface area (TPSA) is 49.3 Å². The Morgan fingerprint density at radius 1 is 1.56 bits per heavy atom. The van der Waals surface area contributed by atoms with E-state index < -0.39 is 5.97 Å². The number of carboxylic acids is 1. The lowest BCUT2D eigenvalue weighted by Gasteiger charge is -2.33. The van der Waals surface area contributed by atoms with Gasteiger partial charge in [0.25, 0.3) is 0 Å². The van der Waals surface area contributed by atoms with Gasteiger partial charge in [-0.15, -0.1) is 0 Å². The van der Waals surface area contributed by atoms with Crippen molar-refractivity contribution in [3.8, 4) is 0 Å². The number of nitrogens with one attached hydrogen (secondary N) is 1. The van der Waals surface area contributed by atoms with Crippen molar-refractivity contribution < 1.29 is 14.3 Å². The number of aryl methyl sites for hydroxylation is 1. The molecular formula is C13H15ClFNO2. The molecule has 2 rings (SSSR count). The highest BCUT2D eigenvalue weighted by atomic mass is 35.5. The van der Waals surface area contributed by atoms with Gasteiger partial charge < -0.3 is 10.4 Å². The van der Waals surface area contributed by atoms with Crippen LogP contribution in [-0.2, 0) is 11.3 Å². The van der Waals surface area contributed by atoms with Gasteiger partial charge in [-0.25, -0.2) is 4.39 Å². The quantitative estimate of drug-likeness (QED) is 0.885. The fourth-order valence-electron chi connectivity index (χ4n) is 2.06. The van der Waals surface area contributed by atoms with Crippen LogP contribution in [0.4, 0.5) is 4.39 Å². The van der Waals surface area contributed by atoms with Gasteiger partial charge in [-0.05, 0) is 43.0 Å². The summed E-state index contributed by atoms with van der Waals surface area (Å²) in [5, 5.41) is 12.5. The van der Waals surface area contributed by atoms with Crippen molar-refractivity contribution in [1.29, 1.82) is 0 Å². The van der Waals surface area contributed by atoms with Gasteiger partial charge in [-0.2, -0.15) is 0 Å². The summed E-state index contributed by atoms with van der Waals surface area (Å²) in [7, 11) is 0. The predicted octanol–water partition coefficient (Wildman–Crippen LogP) is 2.74. The summed E-state index contributed by atoms with van der Waals surface area (Å²) in [5.41, 5.74) is 1.23. The fraction of sp³-hybridized carbons (Fsp3) is 0.462. The Labute approximate surface area is 110 Å². The largest absolute Gasteiger partial charge is 0.481 e. The van der Waals surface area contributed by atoms with E-state index in [0.29, 0.717) is 35.5 Å². The molecule has 0 bridgehead atoms. The maximum Gasteiger partial charge on any atom is 0.306 e. The molecule has 1 saturated carbocycles. The molecule has 3 nitrogen and oxygen atoms in total. The molecule has 0 radical (unpaired) electrons. The number of benzene rings is 1. The molecule has 1 aromatic carbocycles. The van der Waals surface area contributed by atoms with Crippen LogP contribution in [0, 0.1) is 18.7 Å². The smallest absolute Gasteiger partial charge is 0.306 e. The SMILES string of the molecule is Cc1cc(Cl)c(CNC2CC(C(=O)O)C2)cc1F. The van der Waals surface area contributed by atoms with Gasteiger partial charge in [0.15, 0.2) is 0 Å². The van der Waals surface area contributed by atoms with Gasteiger partial charge in [-0.1, -0.05) is 11.6 Å².